The van der Waals surface area contributed by atoms with E-state index < -0.39 is 6.04 Å². The highest BCUT2D eigenvalue weighted by Gasteiger charge is 2.43. The molecule has 2 fully saturated rings. The van der Waals surface area contributed by atoms with Crippen LogP contribution >= 0.6 is 0 Å². The van der Waals surface area contributed by atoms with Gasteiger partial charge in [0.1, 0.15) is 18.4 Å². The van der Waals surface area contributed by atoms with E-state index in [0.717, 1.165) is 31.2 Å². The Morgan fingerprint density at radius 1 is 0.938 bits per heavy atom. The normalized spacial score (nSPS) is 19.9. The lowest BCUT2D eigenvalue weighted by molar-refractivity contribution is -0.160. The zero-order valence-corrected chi connectivity index (χ0v) is 18.6. The van der Waals surface area contributed by atoms with Crippen molar-refractivity contribution in [2.45, 2.75) is 50.7 Å². The summed E-state index contributed by atoms with van der Waals surface area (Å²) in [4.78, 5) is 30.5. The van der Waals surface area contributed by atoms with Crippen LogP contribution in [0.1, 0.15) is 49.3 Å². The largest absolute Gasteiger partial charge is 0.493 e. The highest BCUT2D eigenvalue weighted by Crippen LogP contribution is 2.37. The predicted octanol–water partition coefficient (Wildman–Crippen LogP) is 4.09. The highest BCUT2D eigenvalue weighted by atomic mass is 19.1. The molecule has 1 heterocycles. The summed E-state index contributed by atoms with van der Waals surface area (Å²) >= 11 is 0. The molecule has 2 amide bonds. The monoisotopic (exact) mass is 440 g/mol. The minimum absolute atomic E-state index is 0.0779. The summed E-state index contributed by atoms with van der Waals surface area (Å²) in [5.74, 6) is 0.529. The van der Waals surface area contributed by atoms with Gasteiger partial charge in [-0.05, 0) is 48.2 Å². The molecule has 4 rings (SSSR count). The van der Waals surface area contributed by atoms with Crippen LogP contribution in [0, 0.1) is 5.82 Å². The summed E-state index contributed by atoms with van der Waals surface area (Å²) < 4.78 is 24.2. The molecule has 32 heavy (non-hydrogen) atoms. The second-order valence-corrected chi connectivity index (χ2v) is 8.42. The van der Waals surface area contributed by atoms with Gasteiger partial charge in [0.05, 0.1) is 14.2 Å². The Kier molecular flexibility index (Phi) is 6.63. The molecule has 2 aromatic carbocycles. The molecule has 2 aliphatic rings. The van der Waals surface area contributed by atoms with Crippen molar-refractivity contribution < 1.29 is 23.5 Å². The Hall–Kier alpha value is -3.09. The molecule has 2 aromatic rings. The summed E-state index contributed by atoms with van der Waals surface area (Å²) in [6, 6.07) is 10.7. The van der Waals surface area contributed by atoms with Crippen molar-refractivity contribution in [1.29, 1.82) is 0 Å². The fraction of sp³-hybridized carbons (Fsp3) is 0.440. The molecule has 0 aromatic heterocycles. The molecule has 7 heteroatoms. The van der Waals surface area contributed by atoms with E-state index >= 15 is 0 Å². The SMILES string of the molecule is COc1ccc([C@@H]2C(=O)N(C3CCCCC3)CC(=O)N2Cc2ccc(F)cc2)cc1OC. The van der Waals surface area contributed by atoms with Gasteiger partial charge in [-0.2, -0.15) is 0 Å². The van der Waals surface area contributed by atoms with E-state index in [0.29, 0.717) is 17.1 Å². The molecule has 0 unspecified atom stereocenters. The van der Waals surface area contributed by atoms with Crippen LogP contribution < -0.4 is 9.47 Å². The number of methoxy groups -OCH3 is 2. The summed E-state index contributed by atoms with van der Waals surface area (Å²) in [5.41, 5.74) is 1.44. The van der Waals surface area contributed by atoms with Gasteiger partial charge in [0.25, 0.3) is 5.91 Å². The number of benzene rings is 2. The molecule has 1 saturated carbocycles. The molecule has 0 bridgehead atoms. The number of carbonyl (C=O) groups is 2. The number of nitrogens with zero attached hydrogens (tertiary/aromatic N) is 2. The van der Waals surface area contributed by atoms with Gasteiger partial charge in [-0.15, -0.1) is 0 Å². The minimum Gasteiger partial charge on any atom is -0.493 e. The molecular weight excluding hydrogens is 411 g/mol. The Bertz CT molecular complexity index is 972. The van der Waals surface area contributed by atoms with Crippen molar-refractivity contribution in [2.24, 2.45) is 0 Å². The van der Waals surface area contributed by atoms with Crippen LogP contribution in [0.2, 0.25) is 0 Å². The van der Waals surface area contributed by atoms with E-state index in [4.69, 9.17) is 9.47 Å². The van der Waals surface area contributed by atoms with E-state index in [1.54, 1.807) is 54.4 Å². The number of halogens is 1. The average molecular weight is 441 g/mol. The van der Waals surface area contributed by atoms with Crippen molar-refractivity contribution in [2.75, 3.05) is 20.8 Å². The molecule has 0 spiro atoms. The number of hydrogen-bond donors (Lipinski definition) is 0. The van der Waals surface area contributed by atoms with E-state index in [-0.39, 0.29) is 36.8 Å². The maximum Gasteiger partial charge on any atom is 0.250 e. The highest BCUT2D eigenvalue weighted by molar-refractivity contribution is 5.96. The topological polar surface area (TPSA) is 59.1 Å². The number of amides is 2. The third kappa shape index (κ3) is 4.42. The van der Waals surface area contributed by atoms with Crippen LogP contribution in [0.4, 0.5) is 4.39 Å². The van der Waals surface area contributed by atoms with Crippen molar-refractivity contribution in [3.05, 3.63) is 59.4 Å². The molecule has 1 saturated heterocycles. The van der Waals surface area contributed by atoms with Crippen LogP contribution in [0.15, 0.2) is 42.5 Å². The fourth-order valence-electron chi connectivity index (χ4n) is 4.76. The van der Waals surface area contributed by atoms with Gasteiger partial charge in [0.15, 0.2) is 11.5 Å². The molecule has 6 nitrogen and oxygen atoms in total. The third-order valence-electron chi connectivity index (χ3n) is 6.46. The summed E-state index contributed by atoms with van der Waals surface area (Å²) in [5, 5.41) is 0. The van der Waals surface area contributed by atoms with Crippen molar-refractivity contribution in [3.63, 3.8) is 0 Å². The van der Waals surface area contributed by atoms with Crippen LogP contribution in [0.25, 0.3) is 0 Å². The molecule has 0 N–H and O–H groups in total. The number of hydrogen-bond acceptors (Lipinski definition) is 4. The quantitative estimate of drug-likeness (QED) is 0.679. The lowest BCUT2D eigenvalue weighted by atomic mass is 9.91. The fourth-order valence-corrected chi connectivity index (χ4v) is 4.76. The van der Waals surface area contributed by atoms with Crippen LogP contribution in [-0.2, 0) is 16.1 Å². The van der Waals surface area contributed by atoms with E-state index in [1.807, 2.05) is 0 Å². The smallest absolute Gasteiger partial charge is 0.250 e. The first-order chi connectivity index (χ1) is 15.5. The average Bonchev–Trinajstić information content (AvgIpc) is 2.82. The first kappa shape index (κ1) is 22.1. The lowest BCUT2D eigenvalue weighted by Gasteiger charge is -2.44. The third-order valence-corrected chi connectivity index (χ3v) is 6.46. The van der Waals surface area contributed by atoms with E-state index in [1.165, 1.54) is 18.6 Å². The van der Waals surface area contributed by atoms with Crippen LogP contribution in [0.5, 0.6) is 11.5 Å². The van der Waals surface area contributed by atoms with Gasteiger partial charge in [0, 0.05) is 12.6 Å². The maximum atomic E-state index is 13.8. The number of piperazine rings is 1. The number of ether oxygens (including phenoxy) is 2. The standard InChI is InChI=1S/C25H29FN2O4/c1-31-21-13-10-18(14-22(21)32-2)24-25(30)27(20-6-4-3-5-7-20)16-23(29)28(24)15-17-8-11-19(26)12-9-17/h8-14,20,24H,3-7,15-16H2,1-2H3/t24-/m1/s1. The van der Waals surface area contributed by atoms with Gasteiger partial charge >= 0.3 is 0 Å². The van der Waals surface area contributed by atoms with Crippen molar-refractivity contribution in [3.8, 4) is 11.5 Å². The predicted molar refractivity (Wildman–Crippen MR) is 118 cm³/mol. The first-order valence-corrected chi connectivity index (χ1v) is 11.1. The Morgan fingerprint density at radius 2 is 1.62 bits per heavy atom. The molecule has 170 valence electrons. The van der Waals surface area contributed by atoms with Gasteiger partial charge in [-0.1, -0.05) is 37.5 Å². The lowest BCUT2D eigenvalue weighted by Crippen LogP contribution is -2.58. The van der Waals surface area contributed by atoms with Crippen LogP contribution in [-0.4, -0.2) is 48.4 Å². The van der Waals surface area contributed by atoms with E-state index in [2.05, 4.69) is 0 Å². The Morgan fingerprint density at radius 3 is 2.28 bits per heavy atom. The van der Waals surface area contributed by atoms with Gasteiger partial charge < -0.3 is 19.3 Å². The first-order valence-electron chi connectivity index (χ1n) is 11.1. The molecule has 1 aliphatic carbocycles. The van der Waals surface area contributed by atoms with Gasteiger partial charge in [-0.3, -0.25) is 9.59 Å². The van der Waals surface area contributed by atoms with E-state index in [9.17, 15) is 14.0 Å². The Balaban J connectivity index is 1.71. The number of rotatable bonds is 6. The summed E-state index contributed by atoms with van der Waals surface area (Å²) in [6.07, 6.45) is 5.17. The molecule has 1 atom stereocenters. The minimum atomic E-state index is -0.775. The zero-order valence-electron chi connectivity index (χ0n) is 18.6. The van der Waals surface area contributed by atoms with Gasteiger partial charge in [0.2, 0.25) is 5.91 Å². The van der Waals surface area contributed by atoms with Gasteiger partial charge in [-0.25, -0.2) is 4.39 Å². The number of carbonyl (C=O) groups excluding carboxylic acids is 2. The second-order valence-electron chi connectivity index (χ2n) is 8.42. The summed E-state index contributed by atoms with van der Waals surface area (Å²) in [7, 11) is 3.10. The maximum absolute atomic E-state index is 13.8. The molecule has 0 radical (unpaired) electrons. The van der Waals surface area contributed by atoms with Crippen molar-refractivity contribution in [1.82, 2.24) is 9.80 Å². The molecular formula is C25H29FN2O4. The van der Waals surface area contributed by atoms with Crippen molar-refractivity contribution >= 4 is 11.8 Å². The van der Waals surface area contributed by atoms with Crippen LogP contribution in [0.3, 0.4) is 0 Å². The Labute approximate surface area is 187 Å². The molecule has 1 aliphatic heterocycles. The zero-order chi connectivity index (χ0) is 22.7. The summed E-state index contributed by atoms with van der Waals surface area (Å²) in [6.45, 7) is 0.302. The second kappa shape index (κ2) is 9.59.